The van der Waals surface area contributed by atoms with Gasteiger partial charge in [0.25, 0.3) is 0 Å². The van der Waals surface area contributed by atoms with Crippen LogP contribution in [0.2, 0.25) is 0 Å². The summed E-state index contributed by atoms with van der Waals surface area (Å²) in [6.45, 7) is 2.46. The molecule has 0 aromatic carbocycles. The summed E-state index contributed by atoms with van der Waals surface area (Å²) >= 11 is 0. The fourth-order valence-electron chi connectivity index (χ4n) is 1.34. The first kappa shape index (κ1) is 10.4. The highest BCUT2D eigenvalue weighted by Gasteiger charge is 2.15. The van der Waals surface area contributed by atoms with E-state index >= 15 is 0 Å². The predicted molar refractivity (Wildman–Crippen MR) is 53.0 cm³/mol. The first-order valence-corrected chi connectivity index (χ1v) is 4.19. The molecule has 1 aromatic heterocycles. The third-order valence-electron chi connectivity index (χ3n) is 1.97. The van der Waals surface area contributed by atoms with Crippen LogP contribution in [0.5, 0.6) is 0 Å². The van der Waals surface area contributed by atoms with Crippen LogP contribution in [0.15, 0.2) is 24.4 Å². The average molecular weight is 201 g/mol. The Morgan fingerprint density at radius 1 is 1.46 bits per heavy atom. The van der Waals surface area contributed by atoms with Crippen molar-refractivity contribution in [3.8, 4) is 0 Å². The van der Waals surface area contributed by atoms with Crippen LogP contribution in [0.3, 0.4) is 0 Å². The molecule has 0 bridgehead atoms. The highest BCUT2D eigenvalue weighted by atomic mass is 35.5. The largest absolute Gasteiger partial charge is 0.378 e. The molecule has 1 aliphatic rings. The molecule has 0 unspecified atom stereocenters. The number of rotatable bonds is 1. The molecular weight excluding hydrogens is 188 g/mol. The van der Waals surface area contributed by atoms with Crippen molar-refractivity contribution in [3.05, 3.63) is 30.1 Å². The van der Waals surface area contributed by atoms with E-state index in [-0.39, 0.29) is 18.4 Å². The number of pyridine rings is 1. The summed E-state index contributed by atoms with van der Waals surface area (Å²) < 4.78 is 5.33. The SMILES string of the molecule is Cl.c1ccc([C@@H]2COCCN2)nc1. The number of hydrogen-bond donors (Lipinski definition) is 1. The molecule has 0 aliphatic carbocycles. The Morgan fingerprint density at radius 2 is 2.38 bits per heavy atom. The molecule has 3 nitrogen and oxygen atoms in total. The number of nitrogens with zero attached hydrogens (tertiary/aromatic N) is 1. The maximum Gasteiger partial charge on any atom is 0.0733 e. The zero-order valence-electron chi connectivity index (χ0n) is 7.27. The summed E-state index contributed by atoms with van der Waals surface area (Å²) in [7, 11) is 0. The average Bonchev–Trinajstić information content (AvgIpc) is 2.21. The second-order valence-corrected chi connectivity index (χ2v) is 2.84. The minimum absolute atomic E-state index is 0. The van der Waals surface area contributed by atoms with Crippen molar-refractivity contribution in [2.45, 2.75) is 6.04 Å². The third kappa shape index (κ3) is 2.66. The lowest BCUT2D eigenvalue weighted by atomic mass is 10.2. The third-order valence-corrected chi connectivity index (χ3v) is 1.97. The minimum Gasteiger partial charge on any atom is -0.378 e. The Labute approximate surface area is 83.9 Å². The molecule has 0 amide bonds. The van der Waals surface area contributed by atoms with Crippen LogP contribution < -0.4 is 5.32 Å². The van der Waals surface area contributed by atoms with Crippen LogP contribution in [0.1, 0.15) is 11.7 Å². The van der Waals surface area contributed by atoms with Crippen LogP contribution in [-0.4, -0.2) is 24.7 Å². The van der Waals surface area contributed by atoms with Gasteiger partial charge in [-0.2, -0.15) is 0 Å². The summed E-state index contributed by atoms with van der Waals surface area (Å²) in [5.41, 5.74) is 1.07. The lowest BCUT2D eigenvalue weighted by Gasteiger charge is -2.22. The van der Waals surface area contributed by atoms with E-state index < -0.39 is 0 Å². The van der Waals surface area contributed by atoms with E-state index in [0.717, 1.165) is 25.5 Å². The Kier molecular flexibility index (Phi) is 4.15. The van der Waals surface area contributed by atoms with E-state index in [0.29, 0.717) is 0 Å². The van der Waals surface area contributed by atoms with Crippen molar-refractivity contribution < 1.29 is 4.74 Å². The number of aromatic nitrogens is 1. The number of halogens is 1. The molecular formula is C9H13ClN2O. The molecule has 1 saturated heterocycles. The topological polar surface area (TPSA) is 34.1 Å². The van der Waals surface area contributed by atoms with E-state index in [2.05, 4.69) is 10.3 Å². The highest BCUT2D eigenvalue weighted by molar-refractivity contribution is 5.85. The summed E-state index contributed by atoms with van der Waals surface area (Å²) in [6, 6.07) is 6.22. The van der Waals surface area contributed by atoms with E-state index in [9.17, 15) is 0 Å². The number of nitrogens with one attached hydrogen (secondary N) is 1. The summed E-state index contributed by atoms with van der Waals surface area (Å²) in [6.07, 6.45) is 1.81. The molecule has 1 atom stereocenters. The van der Waals surface area contributed by atoms with Gasteiger partial charge in [0.15, 0.2) is 0 Å². The van der Waals surface area contributed by atoms with Gasteiger partial charge in [-0.1, -0.05) is 6.07 Å². The molecule has 72 valence electrons. The zero-order chi connectivity index (χ0) is 8.23. The second-order valence-electron chi connectivity index (χ2n) is 2.84. The minimum atomic E-state index is 0. The molecule has 1 N–H and O–H groups in total. The fraction of sp³-hybridized carbons (Fsp3) is 0.444. The molecule has 4 heteroatoms. The molecule has 0 spiro atoms. The van der Waals surface area contributed by atoms with E-state index in [1.807, 2.05) is 24.4 Å². The zero-order valence-corrected chi connectivity index (χ0v) is 8.09. The first-order chi connectivity index (χ1) is 5.97. The van der Waals surface area contributed by atoms with Gasteiger partial charge in [0.05, 0.1) is 24.9 Å². The van der Waals surface area contributed by atoms with Crippen molar-refractivity contribution in [3.63, 3.8) is 0 Å². The monoisotopic (exact) mass is 200 g/mol. The van der Waals surface area contributed by atoms with Gasteiger partial charge in [0, 0.05) is 12.7 Å². The van der Waals surface area contributed by atoms with Crippen LogP contribution >= 0.6 is 12.4 Å². The Morgan fingerprint density at radius 3 is 3.00 bits per heavy atom. The number of hydrogen-bond acceptors (Lipinski definition) is 3. The smallest absolute Gasteiger partial charge is 0.0733 e. The Hall–Kier alpha value is -0.640. The summed E-state index contributed by atoms with van der Waals surface area (Å²) in [4.78, 5) is 4.26. The van der Waals surface area contributed by atoms with Gasteiger partial charge in [-0.25, -0.2) is 0 Å². The van der Waals surface area contributed by atoms with Gasteiger partial charge >= 0.3 is 0 Å². The maximum atomic E-state index is 5.33. The lowest BCUT2D eigenvalue weighted by Crippen LogP contribution is -2.34. The molecule has 1 fully saturated rings. The predicted octanol–water partition coefficient (Wildman–Crippen LogP) is 1.16. The van der Waals surface area contributed by atoms with Crippen LogP contribution in [-0.2, 0) is 4.74 Å². The van der Waals surface area contributed by atoms with Crippen molar-refractivity contribution in [2.24, 2.45) is 0 Å². The highest BCUT2D eigenvalue weighted by Crippen LogP contribution is 2.11. The van der Waals surface area contributed by atoms with Gasteiger partial charge in [-0.05, 0) is 12.1 Å². The molecule has 13 heavy (non-hydrogen) atoms. The van der Waals surface area contributed by atoms with Gasteiger partial charge < -0.3 is 10.1 Å². The van der Waals surface area contributed by atoms with Crippen molar-refractivity contribution in [2.75, 3.05) is 19.8 Å². The van der Waals surface area contributed by atoms with Gasteiger partial charge in [-0.15, -0.1) is 12.4 Å². The van der Waals surface area contributed by atoms with Crippen LogP contribution in [0.25, 0.3) is 0 Å². The number of morpholine rings is 1. The van der Waals surface area contributed by atoms with Gasteiger partial charge in [-0.3, -0.25) is 4.98 Å². The summed E-state index contributed by atoms with van der Waals surface area (Å²) in [5.74, 6) is 0. The molecule has 2 heterocycles. The first-order valence-electron chi connectivity index (χ1n) is 4.19. The molecule has 1 aliphatic heterocycles. The summed E-state index contributed by atoms with van der Waals surface area (Å²) in [5, 5.41) is 3.35. The van der Waals surface area contributed by atoms with Crippen molar-refractivity contribution in [1.82, 2.24) is 10.3 Å². The van der Waals surface area contributed by atoms with Crippen molar-refractivity contribution in [1.29, 1.82) is 0 Å². The fourth-order valence-corrected chi connectivity index (χ4v) is 1.34. The van der Waals surface area contributed by atoms with Crippen LogP contribution in [0.4, 0.5) is 0 Å². The second kappa shape index (κ2) is 5.17. The molecule has 2 rings (SSSR count). The molecule has 0 radical (unpaired) electrons. The lowest BCUT2D eigenvalue weighted by molar-refractivity contribution is 0.0756. The number of ether oxygens (including phenoxy) is 1. The quantitative estimate of drug-likeness (QED) is 0.739. The van der Waals surface area contributed by atoms with Crippen LogP contribution in [0, 0.1) is 0 Å². The van der Waals surface area contributed by atoms with Gasteiger partial charge in [0.2, 0.25) is 0 Å². The van der Waals surface area contributed by atoms with E-state index in [1.165, 1.54) is 0 Å². The molecule has 1 aromatic rings. The standard InChI is InChI=1S/C9H12N2O.ClH/c1-2-4-10-8(3-1)9-7-12-6-5-11-9;/h1-4,9,11H,5-7H2;1H/t9-;/m0./s1. The molecule has 0 saturated carbocycles. The Balaban J connectivity index is 0.000000845. The normalized spacial score (nSPS) is 22.0. The van der Waals surface area contributed by atoms with E-state index in [4.69, 9.17) is 4.74 Å². The van der Waals surface area contributed by atoms with Crippen molar-refractivity contribution >= 4 is 12.4 Å². The Bertz CT molecular complexity index is 237. The van der Waals surface area contributed by atoms with E-state index in [1.54, 1.807) is 0 Å². The maximum absolute atomic E-state index is 5.33. The van der Waals surface area contributed by atoms with Gasteiger partial charge in [0.1, 0.15) is 0 Å².